The maximum atomic E-state index is 11.8. The Hall–Kier alpha value is -2.51. The molecule has 2 saturated heterocycles. The van der Waals surface area contributed by atoms with E-state index in [1.807, 2.05) is 24.3 Å². The maximum absolute atomic E-state index is 11.8. The van der Waals surface area contributed by atoms with Gasteiger partial charge in [-0.3, -0.25) is 4.79 Å². The molecule has 2 aromatic heterocycles. The van der Waals surface area contributed by atoms with Crippen LogP contribution in [0.3, 0.4) is 0 Å². The SMILES string of the molecule is CC(=O)N1C2CCC1CC(NCCc1ccc(Oc3nc4ncccc4s3)cc1)C2. The molecule has 1 amide bonds. The minimum atomic E-state index is 0.241. The summed E-state index contributed by atoms with van der Waals surface area (Å²) in [5, 5.41) is 4.33. The lowest BCUT2D eigenvalue weighted by Gasteiger charge is -2.38. The van der Waals surface area contributed by atoms with Crippen molar-refractivity contribution in [1.29, 1.82) is 0 Å². The molecule has 2 aliphatic rings. The first-order chi connectivity index (χ1) is 14.7. The highest BCUT2D eigenvalue weighted by Gasteiger charge is 2.41. The summed E-state index contributed by atoms with van der Waals surface area (Å²) in [6.45, 7) is 2.66. The first-order valence-corrected chi connectivity index (χ1v) is 11.5. The highest BCUT2D eigenvalue weighted by Crippen LogP contribution is 2.35. The van der Waals surface area contributed by atoms with Crippen LogP contribution in [0.15, 0.2) is 42.6 Å². The molecule has 2 aliphatic heterocycles. The Balaban J connectivity index is 1.11. The molecule has 2 fully saturated rings. The molecule has 0 saturated carbocycles. The molecule has 3 aromatic rings. The van der Waals surface area contributed by atoms with Gasteiger partial charge in [0.05, 0.1) is 4.70 Å². The number of carbonyl (C=O) groups excluding carboxylic acids is 1. The quantitative estimate of drug-likeness (QED) is 0.646. The molecule has 7 heteroatoms. The molecular formula is C23H26N4O2S. The second kappa shape index (κ2) is 8.32. The minimum Gasteiger partial charge on any atom is -0.431 e. The first-order valence-electron chi connectivity index (χ1n) is 10.7. The van der Waals surface area contributed by atoms with Crippen LogP contribution in [0, 0.1) is 0 Å². The summed E-state index contributed by atoms with van der Waals surface area (Å²) in [6.07, 6.45) is 7.21. The van der Waals surface area contributed by atoms with Gasteiger partial charge >= 0.3 is 0 Å². The van der Waals surface area contributed by atoms with Crippen molar-refractivity contribution in [3.63, 3.8) is 0 Å². The van der Waals surface area contributed by atoms with Gasteiger partial charge in [-0.25, -0.2) is 4.98 Å². The summed E-state index contributed by atoms with van der Waals surface area (Å²) in [7, 11) is 0. The fourth-order valence-electron chi connectivity index (χ4n) is 4.90. The number of amides is 1. The fraction of sp³-hybridized carbons (Fsp3) is 0.435. The van der Waals surface area contributed by atoms with Crippen molar-refractivity contribution < 1.29 is 9.53 Å². The van der Waals surface area contributed by atoms with Crippen LogP contribution in [0.4, 0.5) is 0 Å². The Morgan fingerprint density at radius 3 is 2.67 bits per heavy atom. The standard InChI is InChI=1S/C23H26N4O2S/c1-15(28)27-18-6-7-19(27)14-17(13-18)24-12-10-16-4-8-20(9-5-16)29-23-26-22-21(30-23)3-2-11-25-22/h2-5,8-9,11,17-19,24H,6-7,10,12-14H2,1H3. The summed E-state index contributed by atoms with van der Waals surface area (Å²) < 4.78 is 6.92. The van der Waals surface area contributed by atoms with Crippen LogP contribution < -0.4 is 10.1 Å². The van der Waals surface area contributed by atoms with E-state index in [1.165, 1.54) is 16.9 Å². The van der Waals surface area contributed by atoms with Crippen molar-refractivity contribution in [2.75, 3.05) is 6.54 Å². The van der Waals surface area contributed by atoms with Crippen LogP contribution in [0.5, 0.6) is 10.9 Å². The van der Waals surface area contributed by atoms with E-state index < -0.39 is 0 Å². The van der Waals surface area contributed by atoms with Gasteiger partial charge in [0.2, 0.25) is 5.91 Å². The Morgan fingerprint density at radius 2 is 1.97 bits per heavy atom. The molecule has 1 aromatic carbocycles. The summed E-state index contributed by atoms with van der Waals surface area (Å²) in [6, 6.07) is 13.5. The normalized spacial score (nSPS) is 23.1. The van der Waals surface area contributed by atoms with Gasteiger partial charge in [0, 0.05) is 31.2 Å². The third-order valence-electron chi connectivity index (χ3n) is 6.22. The number of fused-ring (bicyclic) bond motifs is 3. The number of rotatable bonds is 6. The van der Waals surface area contributed by atoms with Crippen molar-refractivity contribution in [3.8, 4) is 10.9 Å². The molecule has 1 N–H and O–H groups in total. The van der Waals surface area contributed by atoms with Gasteiger partial charge in [-0.15, -0.1) is 0 Å². The van der Waals surface area contributed by atoms with E-state index in [0.717, 1.165) is 54.7 Å². The third-order valence-corrected chi connectivity index (χ3v) is 7.11. The lowest BCUT2D eigenvalue weighted by atomic mass is 9.97. The van der Waals surface area contributed by atoms with Crippen LogP contribution in [-0.2, 0) is 11.2 Å². The molecule has 0 radical (unpaired) electrons. The molecule has 4 heterocycles. The van der Waals surface area contributed by atoms with E-state index in [2.05, 4.69) is 32.3 Å². The fourth-order valence-corrected chi connectivity index (χ4v) is 5.69. The second-order valence-electron chi connectivity index (χ2n) is 8.23. The van der Waals surface area contributed by atoms with Gasteiger partial charge in [-0.05, 0) is 68.5 Å². The second-order valence-corrected chi connectivity index (χ2v) is 9.23. The van der Waals surface area contributed by atoms with Gasteiger partial charge < -0.3 is 15.0 Å². The van der Waals surface area contributed by atoms with Crippen LogP contribution in [-0.4, -0.2) is 45.4 Å². The van der Waals surface area contributed by atoms with Gasteiger partial charge in [0.1, 0.15) is 5.75 Å². The highest BCUT2D eigenvalue weighted by atomic mass is 32.1. The smallest absolute Gasteiger partial charge is 0.281 e. The molecule has 5 rings (SSSR count). The molecular weight excluding hydrogens is 396 g/mol. The molecule has 2 unspecified atom stereocenters. The Kier molecular flexibility index (Phi) is 5.39. The van der Waals surface area contributed by atoms with Crippen LogP contribution in [0.25, 0.3) is 10.3 Å². The lowest BCUT2D eigenvalue weighted by molar-refractivity contribution is -0.133. The number of ether oxygens (including phenoxy) is 1. The zero-order valence-corrected chi connectivity index (χ0v) is 17.9. The number of carbonyl (C=O) groups is 1. The van der Waals surface area contributed by atoms with Crippen molar-refractivity contribution in [3.05, 3.63) is 48.2 Å². The van der Waals surface area contributed by atoms with Crippen molar-refractivity contribution in [2.45, 2.75) is 57.2 Å². The molecule has 2 bridgehead atoms. The largest absolute Gasteiger partial charge is 0.431 e. The van der Waals surface area contributed by atoms with E-state index in [-0.39, 0.29) is 5.91 Å². The monoisotopic (exact) mass is 422 g/mol. The van der Waals surface area contributed by atoms with Gasteiger partial charge in [-0.1, -0.05) is 23.5 Å². The Bertz CT molecular complexity index is 988. The van der Waals surface area contributed by atoms with E-state index in [1.54, 1.807) is 13.1 Å². The van der Waals surface area contributed by atoms with E-state index >= 15 is 0 Å². The van der Waals surface area contributed by atoms with Crippen molar-refractivity contribution in [1.82, 2.24) is 20.2 Å². The zero-order chi connectivity index (χ0) is 20.5. The number of thiazole rings is 1. The van der Waals surface area contributed by atoms with Crippen LogP contribution in [0.2, 0.25) is 0 Å². The van der Waals surface area contributed by atoms with E-state index in [0.29, 0.717) is 23.3 Å². The zero-order valence-electron chi connectivity index (χ0n) is 17.1. The molecule has 30 heavy (non-hydrogen) atoms. The van der Waals surface area contributed by atoms with Crippen molar-refractivity contribution in [2.24, 2.45) is 0 Å². The van der Waals surface area contributed by atoms with Gasteiger partial charge in [-0.2, -0.15) is 4.98 Å². The predicted octanol–water partition coefficient (Wildman–Crippen LogP) is 4.16. The maximum Gasteiger partial charge on any atom is 0.281 e. The number of hydrogen-bond donors (Lipinski definition) is 1. The molecule has 156 valence electrons. The number of nitrogens with zero attached hydrogens (tertiary/aromatic N) is 3. The summed E-state index contributed by atoms with van der Waals surface area (Å²) >= 11 is 1.50. The number of benzene rings is 1. The number of pyridine rings is 1. The van der Waals surface area contributed by atoms with Crippen LogP contribution in [0.1, 0.15) is 38.2 Å². The third kappa shape index (κ3) is 4.04. The Morgan fingerprint density at radius 1 is 1.20 bits per heavy atom. The number of piperidine rings is 1. The van der Waals surface area contributed by atoms with Crippen molar-refractivity contribution >= 4 is 27.6 Å². The molecule has 6 nitrogen and oxygen atoms in total. The lowest BCUT2D eigenvalue weighted by Crippen LogP contribution is -2.51. The molecule has 0 spiro atoms. The van der Waals surface area contributed by atoms with E-state index in [4.69, 9.17) is 4.74 Å². The number of nitrogens with one attached hydrogen (secondary N) is 1. The van der Waals surface area contributed by atoms with E-state index in [9.17, 15) is 4.79 Å². The first kappa shape index (κ1) is 19.5. The summed E-state index contributed by atoms with van der Waals surface area (Å²) in [5.74, 6) is 1.03. The van der Waals surface area contributed by atoms with Gasteiger partial charge in [0.15, 0.2) is 5.65 Å². The number of hydrogen-bond acceptors (Lipinski definition) is 6. The summed E-state index contributed by atoms with van der Waals surface area (Å²) in [4.78, 5) is 22.6. The number of aromatic nitrogens is 2. The highest BCUT2D eigenvalue weighted by molar-refractivity contribution is 7.20. The predicted molar refractivity (Wildman–Crippen MR) is 118 cm³/mol. The van der Waals surface area contributed by atoms with Gasteiger partial charge in [0.25, 0.3) is 5.19 Å². The minimum absolute atomic E-state index is 0.241. The van der Waals surface area contributed by atoms with Crippen LogP contribution >= 0.6 is 11.3 Å². The topological polar surface area (TPSA) is 67.4 Å². The average Bonchev–Trinajstić information content (AvgIpc) is 3.27. The molecule has 0 aliphatic carbocycles. The Labute approximate surface area is 180 Å². The molecule has 2 atom stereocenters. The average molecular weight is 423 g/mol. The summed E-state index contributed by atoms with van der Waals surface area (Å²) in [5.41, 5.74) is 2.01.